The molecular formula is C12H12O2. The molecule has 1 unspecified atom stereocenters. The second-order valence-electron chi connectivity index (χ2n) is 3.88. The number of hydrogen-bond donors (Lipinski definition) is 1. The summed E-state index contributed by atoms with van der Waals surface area (Å²) in [6.45, 7) is 0. The van der Waals surface area contributed by atoms with E-state index >= 15 is 0 Å². The van der Waals surface area contributed by atoms with Crippen LogP contribution in [0.2, 0.25) is 0 Å². The highest BCUT2D eigenvalue weighted by atomic mass is 16.5. The van der Waals surface area contributed by atoms with E-state index in [0.717, 1.165) is 24.2 Å². The van der Waals surface area contributed by atoms with E-state index < -0.39 is 0 Å². The molecule has 0 bridgehead atoms. The Labute approximate surface area is 82.8 Å². The molecule has 0 fully saturated rings. The van der Waals surface area contributed by atoms with E-state index in [9.17, 15) is 5.11 Å². The first kappa shape index (κ1) is 7.92. The number of hydrogen-bond acceptors (Lipinski definition) is 2. The molecule has 1 atom stereocenters. The molecule has 0 spiro atoms. The van der Waals surface area contributed by atoms with Gasteiger partial charge in [-0.2, -0.15) is 0 Å². The Bertz CT molecular complexity index is 407. The van der Waals surface area contributed by atoms with Gasteiger partial charge in [0.1, 0.15) is 17.6 Å². The molecule has 0 saturated carbocycles. The Morgan fingerprint density at radius 2 is 2.29 bits per heavy atom. The maximum atomic E-state index is 9.40. The second kappa shape index (κ2) is 2.77. The van der Waals surface area contributed by atoms with Gasteiger partial charge in [0, 0.05) is 5.56 Å². The summed E-state index contributed by atoms with van der Waals surface area (Å²) in [5.74, 6) is 1.24. The first-order valence-electron chi connectivity index (χ1n) is 5.05. The van der Waals surface area contributed by atoms with Gasteiger partial charge in [0.2, 0.25) is 0 Å². The van der Waals surface area contributed by atoms with Gasteiger partial charge in [0.05, 0.1) is 0 Å². The predicted molar refractivity (Wildman–Crippen MR) is 54.4 cm³/mol. The third-order valence-electron chi connectivity index (χ3n) is 2.92. The van der Waals surface area contributed by atoms with Gasteiger partial charge in [-0.1, -0.05) is 6.08 Å². The Hall–Kier alpha value is -1.44. The van der Waals surface area contributed by atoms with Gasteiger partial charge < -0.3 is 9.84 Å². The van der Waals surface area contributed by atoms with Crippen molar-refractivity contribution in [3.63, 3.8) is 0 Å². The zero-order chi connectivity index (χ0) is 9.54. The fourth-order valence-corrected chi connectivity index (χ4v) is 2.25. The number of phenolic OH excluding ortho intramolecular Hbond substituents is 1. The summed E-state index contributed by atoms with van der Waals surface area (Å²) in [6, 6.07) is 5.33. The highest BCUT2D eigenvalue weighted by molar-refractivity contribution is 5.78. The van der Waals surface area contributed by atoms with Crippen LogP contribution < -0.4 is 4.74 Å². The number of allylic oxidation sites excluding steroid dienone is 1. The molecule has 2 aliphatic rings. The summed E-state index contributed by atoms with van der Waals surface area (Å²) in [6.07, 6.45) is 5.90. The summed E-state index contributed by atoms with van der Waals surface area (Å²) >= 11 is 0. The number of ether oxygens (including phenoxy) is 1. The largest absolute Gasteiger partial charge is 0.508 e. The Morgan fingerprint density at radius 1 is 1.36 bits per heavy atom. The van der Waals surface area contributed by atoms with Crippen molar-refractivity contribution < 1.29 is 9.84 Å². The maximum absolute atomic E-state index is 9.40. The van der Waals surface area contributed by atoms with E-state index in [2.05, 4.69) is 6.08 Å². The number of rotatable bonds is 0. The Kier molecular flexibility index (Phi) is 1.57. The molecule has 0 radical (unpaired) electrons. The topological polar surface area (TPSA) is 29.5 Å². The molecule has 0 aromatic heterocycles. The molecule has 1 N–H and O–H groups in total. The number of fused-ring (bicyclic) bond motifs is 3. The quantitative estimate of drug-likeness (QED) is 0.678. The van der Waals surface area contributed by atoms with Crippen LogP contribution in [0.4, 0.5) is 0 Å². The lowest BCUT2D eigenvalue weighted by atomic mass is 9.93. The monoisotopic (exact) mass is 188 g/mol. The minimum Gasteiger partial charge on any atom is -0.508 e. The first-order valence-corrected chi connectivity index (χ1v) is 5.05. The molecule has 1 aliphatic carbocycles. The van der Waals surface area contributed by atoms with Crippen LogP contribution in [0.15, 0.2) is 24.3 Å². The van der Waals surface area contributed by atoms with Crippen LogP contribution in [0.3, 0.4) is 0 Å². The third kappa shape index (κ3) is 1.03. The molecular weight excluding hydrogens is 176 g/mol. The van der Waals surface area contributed by atoms with E-state index in [1.54, 1.807) is 12.1 Å². The Morgan fingerprint density at radius 3 is 3.21 bits per heavy atom. The third-order valence-corrected chi connectivity index (χ3v) is 2.92. The fraction of sp³-hybridized carbons (Fsp3) is 0.333. The van der Waals surface area contributed by atoms with Crippen molar-refractivity contribution in [3.8, 4) is 11.5 Å². The molecule has 3 rings (SSSR count). The summed E-state index contributed by atoms with van der Waals surface area (Å²) in [5.41, 5.74) is 2.34. The molecule has 2 nitrogen and oxygen atoms in total. The van der Waals surface area contributed by atoms with E-state index in [0.29, 0.717) is 5.75 Å². The van der Waals surface area contributed by atoms with Crippen molar-refractivity contribution in [2.45, 2.75) is 25.4 Å². The zero-order valence-corrected chi connectivity index (χ0v) is 7.86. The lowest BCUT2D eigenvalue weighted by molar-refractivity contribution is 0.257. The Balaban J connectivity index is 2.13. The average molecular weight is 188 g/mol. The van der Waals surface area contributed by atoms with Gasteiger partial charge in [-0.05, 0) is 43.0 Å². The minimum atomic E-state index is 0.237. The minimum absolute atomic E-state index is 0.237. The number of benzene rings is 1. The van der Waals surface area contributed by atoms with Crippen molar-refractivity contribution in [1.29, 1.82) is 0 Å². The summed E-state index contributed by atoms with van der Waals surface area (Å²) in [5, 5.41) is 9.40. The van der Waals surface area contributed by atoms with E-state index in [-0.39, 0.29) is 6.10 Å². The van der Waals surface area contributed by atoms with Crippen LogP contribution in [0, 0.1) is 0 Å². The van der Waals surface area contributed by atoms with Gasteiger partial charge in [-0.25, -0.2) is 0 Å². The van der Waals surface area contributed by atoms with E-state index in [4.69, 9.17) is 4.74 Å². The molecule has 1 aromatic rings. The van der Waals surface area contributed by atoms with E-state index in [1.807, 2.05) is 6.07 Å². The van der Waals surface area contributed by atoms with Gasteiger partial charge in [-0.3, -0.25) is 0 Å². The molecule has 1 aromatic carbocycles. The highest BCUT2D eigenvalue weighted by Crippen LogP contribution is 2.42. The first-order chi connectivity index (χ1) is 6.84. The summed E-state index contributed by atoms with van der Waals surface area (Å²) < 4.78 is 5.79. The van der Waals surface area contributed by atoms with Crippen LogP contribution in [-0.4, -0.2) is 11.2 Å². The lowest BCUT2D eigenvalue weighted by Gasteiger charge is -2.16. The maximum Gasteiger partial charge on any atom is 0.128 e. The summed E-state index contributed by atoms with van der Waals surface area (Å²) in [4.78, 5) is 0. The molecule has 1 heterocycles. The van der Waals surface area contributed by atoms with Crippen LogP contribution in [0.1, 0.15) is 24.8 Å². The van der Waals surface area contributed by atoms with Crippen LogP contribution in [0.25, 0.3) is 5.57 Å². The van der Waals surface area contributed by atoms with Gasteiger partial charge in [0.15, 0.2) is 0 Å². The smallest absolute Gasteiger partial charge is 0.128 e. The predicted octanol–water partition coefficient (Wildman–Crippen LogP) is 2.72. The van der Waals surface area contributed by atoms with Gasteiger partial charge in [-0.15, -0.1) is 0 Å². The van der Waals surface area contributed by atoms with Gasteiger partial charge in [0.25, 0.3) is 0 Å². The van der Waals surface area contributed by atoms with Crippen molar-refractivity contribution in [3.05, 3.63) is 29.8 Å². The molecule has 2 heteroatoms. The standard InChI is InChI=1S/C12H12O2/c13-8-5-6-12-10(7-8)9-3-1-2-4-11(9)14-12/h3,5-7,11,13H,1-2,4H2. The lowest BCUT2D eigenvalue weighted by Crippen LogP contribution is -2.14. The number of aromatic hydroxyl groups is 1. The molecule has 72 valence electrons. The average Bonchev–Trinajstić information content (AvgIpc) is 2.56. The normalized spacial score (nSPS) is 23.4. The summed E-state index contributed by atoms with van der Waals surface area (Å²) in [7, 11) is 0. The molecule has 1 aliphatic heterocycles. The SMILES string of the molecule is Oc1ccc2c(c1)C1=CCCCC1O2. The molecule has 0 amide bonds. The zero-order valence-electron chi connectivity index (χ0n) is 7.86. The van der Waals surface area contributed by atoms with Crippen LogP contribution in [0.5, 0.6) is 11.5 Å². The van der Waals surface area contributed by atoms with E-state index in [1.165, 1.54) is 12.0 Å². The molecule has 0 saturated heterocycles. The highest BCUT2D eigenvalue weighted by Gasteiger charge is 2.29. The van der Waals surface area contributed by atoms with Crippen molar-refractivity contribution in [2.24, 2.45) is 0 Å². The van der Waals surface area contributed by atoms with Crippen molar-refractivity contribution in [1.82, 2.24) is 0 Å². The van der Waals surface area contributed by atoms with Crippen LogP contribution >= 0.6 is 0 Å². The van der Waals surface area contributed by atoms with Gasteiger partial charge >= 0.3 is 0 Å². The number of phenols is 1. The second-order valence-corrected chi connectivity index (χ2v) is 3.88. The van der Waals surface area contributed by atoms with Crippen molar-refractivity contribution >= 4 is 5.57 Å². The fourth-order valence-electron chi connectivity index (χ4n) is 2.25. The molecule has 14 heavy (non-hydrogen) atoms. The van der Waals surface area contributed by atoms with Crippen molar-refractivity contribution in [2.75, 3.05) is 0 Å². The van der Waals surface area contributed by atoms with Crippen LogP contribution in [-0.2, 0) is 0 Å².